The Bertz CT molecular complexity index is 3120. The van der Waals surface area contributed by atoms with Crippen molar-refractivity contribution in [2.24, 2.45) is 0 Å². The third-order valence-electron chi connectivity index (χ3n) is 11.6. The number of nitrogens with zero attached hydrogens (tertiary/aromatic N) is 3. The molecule has 4 heteroatoms. The quantitative estimate of drug-likeness (QED) is 0.145. The highest BCUT2D eigenvalue weighted by atomic mass is 16.3. The van der Waals surface area contributed by atoms with E-state index in [1.54, 1.807) is 0 Å². The minimum Gasteiger partial charge on any atom is -0.460 e. The van der Waals surface area contributed by atoms with Gasteiger partial charge in [-0.3, -0.25) is 0 Å². The molecule has 0 amide bonds. The molecule has 0 spiro atoms. The van der Waals surface area contributed by atoms with Gasteiger partial charge in [0.2, 0.25) is 0 Å². The molecule has 7 aromatic carbocycles. The molecule has 9 aromatic rings. The smallest absolute Gasteiger partial charge is 0.164 e. The van der Waals surface area contributed by atoms with Crippen molar-refractivity contribution in [1.29, 1.82) is 0 Å². The maximum atomic E-state index is 6.61. The molecule has 4 nitrogen and oxygen atoms in total. The summed E-state index contributed by atoms with van der Waals surface area (Å²) in [6.45, 7) is 12.9. The van der Waals surface area contributed by atoms with Crippen LogP contribution in [0.1, 0.15) is 59.8 Å². The van der Waals surface area contributed by atoms with Gasteiger partial charge in [-0.25, -0.2) is 15.0 Å². The summed E-state index contributed by atoms with van der Waals surface area (Å²) in [6.07, 6.45) is 7.89. The summed E-state index contributed by atoms with van der Waals surface area (Å²) in [5.41, 5.74) is 13.0. The highest BCUT2D eigenvalue weighted by Gasteiger charge is 2.24. The molecule has 2 heterocycles. The predicted octanol–water partition coefficient (Wildman–Crippen LogP) is 14.5. The molecule has 0 unspecified atom stereocenters. The van der Waals surface area contributed by atoms with Crippen LogP contribution < -0.4 is 0 Å². The summed E-state index contributed by atoms with van der Waals surface area (Å²) in [5.74, 6) is 3.19. The molecule has 0 fully saturated rings. The summed E-state index contributed by atoms with van der Waals surface area (Å²) in [7, 11) is 0. The third-order valence-corrected chi connectivity index (χ3v) is 11.6. The van der Waals surface area contributed by atoms with E-state index in [0.717, 1.165) is 63.0 Å². The number of furan rings is 1. The normalized spacial score (nSPS) is 12.6. The van der Waals surface area contributed by atoms with E-state index >= 15 is 0 Å². The lowest BCUT2D eigenvalue weighted by atomic mass is 9.87. The predicted molar refractivity (Wildman–Crippen MR) is 243 cm³/mol. The van der Waals surface area contributed by atoms with Crippen LogP contribution in [-0.2, 0) is 6.42 Å². The molecule has 0 saturated carbocycles. The van der Waals surface area contributed by atoms with Gasteiger partial charge in [0.15, 0.2) is 17.5 Å². The monoisotopic (exact) mass is 747 g/mol. The first kappa shape index (κ1) is 35.3. The standard InChI is InChI=1S/C54H41N3O/c1-5-39-40(6-2)47-30-36(24-28-44(47)43-21-14-13-20-42(39)43)37-26-29-49-48(31-37)51-45(22-15-23-50(51)58-49)54-56-52(35-18-11-8-12-19-35)55-53(57-54)38-25-27-41(33(3)4)46(32-38)34-16-9-7-10-17-34/h5-25,27-28,30-33H,1-2,26,29H2,3-4H3. The van der Waals surface area contributed by atoms with Crippen molar-refractivity contribution in [1.82, 2.24) is 15.0 Å². The van der Waals surface area contributed by atoms with Gasteiger partial charge < -0.3 is 4.42 Å². The first-order chi connectivity index (χ1) is 28.5. The zero-order valence-electron chi connectivity index (χ0n) is 32.7. The number of fused-ring (bicyclic) bond motifs is 6. The summed E-state index contributed by atoms with van der Waals surface area (Å²) in [4.78, 5) is 15.5. The summed E-state index contributed by atoms with van der Waals surface area (Å²) in [6, 6.07) is 48.9. The van der Waals surface area contributed by atoms with E-state index < -0.39 is 0 Å². The van der Waals surface area contributed by atoms with Crippen LogP contribution >= 0.6 is 0 Å². The van der Waals surface area contributed by atoms with Crippen LogP contribution in [0, 0.1) is 0 Å². The van der Waals surface area contributed by atoms with Crippen LogP contribution in [0.5, 0.6) is 0 Å². The summed E-state index contributed by atoms with van der Waals surface area (Å²) < 4.78 is 6.61. The molecule has 0 N–H and O–H groups in total. The van der Waals surface area contributed by atoms with E-state index in [1.807, 2.05) is 36.4 Å². The van der Waals surface area contributed by atoms with Gasteiger partial charge in [-0.05, 0) is 97.1 Å². The Morgan fingerprint density at radius 2 is 1.17 bits per heavy atom. The maximum Gasteiger partial charge on any atom is 0.164 e. The van der Waals surface area contributed by atoms with Crippen molar-refractivity contribution in [3.05, 3.63) is 186 Å². The van der Waals surface area contributed by atoms with Crippen LogP contribution in [0.2, 0.25) is 0 Å². The molecule has 58 heavy (non-hydrogen) atoms. The van der Waals surface area contributed by atoms with Gasteiger partial charge in [-0.1, -0.05) is 160 Å². The van der Waals surface area contributed by atoms with Gasteiger partial charge in [0, 0.05) is 34.1 Å². The SMILES string of the molecule is C=Cc1c(C=C)c2cc(C3=Cc4c(oc5cccc(-c6nc(-c7ccccc7)nc(-c7ccc(C(C)C)c(-c8ccccc8)c7)n6)c45)CC3)ccc2c2ccccc12. The average molecular weight is 748 g/mol. The Morgan fingerprint density at radius 3 is 1.91 bits per heavy atom. The van der Waals surface area contributed by atoms with Gasteiger partial charge in [-0.15, -0.1) is 0 Å². The molecule has 0 atom stereocenters. The molecule has 1 aliphatic carbocycles. The van der Waals surface area contributed by atoms with Crippen molar-refractivity contribution in [3.63, 3.8) is 0 Å². The Kier molecular flexibility index (Phi) is 8.75. The van der Waals surface area contributed by atoms with E-state index in [1.165, 1.54) is 49.4 Å². The highest BCUT2D eigenvalue weighted by Crippen LogP contribution is 2.43. The molecule has 0 bridgehead atoms. The number of aryl methyl sites for hydroxylation is 1. The maximum absolute atomic E-state index is 6.61. The number of aromatic nitrogens is 3. The number of hydrogen-bond donors (Lipinski definition) is 0. The van der Waals surface area contributed by atoms with Gasteiger partial charge in [0.25, 0.3) is 0 Å². The molecule has 278 valence electrons. The van der Waals surface area contributed by atoms with Crippen molar-refractivity contribution >= 4 is 56.3 Å². The van der Waals surface area contributed by atoms with Crippen LogP contribution in [-0.4, -0.2) is 15.0 Å². The number of hydrogen-bond acceptors (Lipinski definition) is 4. The van der Waals surface area contributed by atoms with E-state index in [-0.39, 0.29) is 0 Å². The lowest BCUT2D eigenvalue weighted by Gasteiger charge is -2.17. The molecular weight excluding hydrogens is 707 g/mol. The zero-order valence-corrected chi connectivity index (χ0v) is 32.7. The topological polar surface area (TPSA) is 51.8 Å². The fourth-order valence-corrected chi connectivity index (χ4v) is 8.76. The molecule has 0 aliphatic heterocycles. The summed E-state index contributed by atoms with van der Waals surface area (Å²) >= 11 is 0. The van der Waals surface area contributed by atoms with Gasteiger partial charge in [-0.2, -0.15) is 0 Å². The molecule has 10 rings (SSSR count). The molecule has 0 saturated heterocycles. The molecular formula is C54H41N3O. The zero-order chi connectivity index (χ0) is 39.3. The van der Waals surface area contributed by atoms with Crippen molar-refractivity contribution < 1.29 is 4.42 Å². The van der Waals surface area contributed by atoms with Gasteiger partial charge in [0.05, 0.1) is 0 Å². The fraction of sp³-hybridized carbons (Fsp3) is 0.0926. The largest absolute Gasteiger partial charge is 0.460 e. The van der Waals surface area contributed by atoms with Crippen molar-refractivity contribution in [2.75, 3.05) is 0 Å². The van der Waals surface area contributed by atoms with Crippen LogP contribution in [0.25, 0.3) is 102 Å². The van der Waals surface area contributed by atoms with Crippen molar-refractivity contribution in [3.8, 4) is 45.3 Å². The fourth-order valence-electron chi connectivity index (χ4n) is 8.76. The second-order valence-electron chi connectivity index (χ2n) is 15.3. The Labute approximate surface area is 338 Å². The first-order valence-electron chi connectivity index (χ1n) is 20.0. The molecule has 1 aliphatic rings. The van der Waals surface area contributed by atoms with E-state index in [4.69, 9.17) is 19.4 Å². The number of rotatable bonds is 8. The molecule has 0 radical (unpaired) electrons. The van der Waals surface area contributed by atoms with E-state index in [9.17, 15) is 0 Å². The minimum absolute atomic E-state index is 0.351. The molecule has 2 aromatic heterocycles. The minimum atomic E-state index is 0.351. The van der Waals surface area contributed by atoms with Crippen LogP contribution in [0.15, 0.2) is 157 Å². The highest BCUT2D eigenvalue weighted by molar-refractivity contribution is 6.15. The second kappa shape index (κ2) is 14.4. The van der Waals surface area contributed by atoms with Gasteiger partial charge >= 0.3 is 0 Å². The summed E-state index contributed by atoms with van der Waals surface area (Å²) in [5, 5.41) is 5.80. The average Bonchev–Trinajstić information content (AvgIpc) is 3.67. The Morgan fingerprint density at radius 1 is 0.534 bits per heavy atom. The first-order valence-corrected chi connectivity index (χ1v) is 20.0. The van der Waals surface area contributed by atoms with Gasteiger partial charge in [0.1, 0.15) is 11.3 Å². The van der Waals surface area contributed by atoms with Crippen molar-refractivity contribution in [2.45, 2.75) is 32.6 Å². The Hall–Kier alpha value is -7.17. The number of benzene rings is 7. The third kappa shape index (κ3) is 5.97. The van der Waals surface area contributed by atoms with E-state index in [2.05, 4.69) is 148 Å². The lowest BCUT2D eigenvalue weighted by molar-refractivity contribution is 0.548. The Balaban J connectivity index is 1.15. The van der Waals surface area contributed by atoms with Crippen LogP contribution in [0.3, 0.4) is 0 Å². The second-order valence-corrected chi connectivity index (χ2v) is 15.3. The number of allylic oxidation sites excluding steroid dienone is 1. The van der Waals surface area contributed by atoms with E-state index in [0.29, 0.717) is 23.4 Å². The lowest BCUT2D eigenvalue weighted by Crippen LogP contribution is -2.02. The van der Waals surface area contributed by atoms with Crippen LogP contribution in [0.4, 0.5) is 0 Å².